The molecule has 1 aromatic carbocycles. The Hall–Kier alpha value is -1.89. The molecule has 0 bridgehead atoms. The fourth-order valence-corrected chi connectivity index (χ4v) is 1.67. The summed E-state index contributed by atoms with van der Waals surface area (Å²) in [6.07, 6.45) is 0. The minimum atomic E-state index is -3.80. The summed E-state index contributed by atoms with van der Waals surface area (Å²) in [4.78, 5) is 11.2. The highest BCUT2D eigenvalue weighted by Crippen LogP contribution is 2.37. The zero-order valence-electron chi connectivity index (χ0n) is 10.2. The molecule has 7 heteroatoms. The highest BCUT2D eigenvalue weighted by Gasteiger charge is 2.48. The molecule has 2 rings (SSSR count). The third-order valence-electron chi connectivity index (χ3n) is 2.69. The first-order chi connectivity index (χ1) is 8.96. The highest BCUT2D eigenvalue weighted by atomic mass is 19.3. The topological polar surface area (TPSA) is 70.8 Å². The Labute approximate surface area is 108 Å². The van der Waals surface area contributed by atoms with Gasteiger partial charge in [0, 0.05) is 0 Å². The van der Waals surface area contributed by atoms with E-state index in [1.54, 1.807) is 0 Å². The lowest BCUT2D eigenvalue weighted by Gasteiger charge is -2.21. The van der Waals surface area contributed by atoms with Gasteiger partial charge in [-0.3, -0.25) is 0 Å². The SMILES string of the molecule is CCOC(=O)C(F)(F)C(N)c1ccc2c(c1)OCO2. The van der Waals surface area contributed by atoms with Crippen LogP contribution >= 0.6 is 0 Å². The number of fused-ring (bicyclic) bond motifs is 1. The number of carbonyl (C=O) groups is 1. The predicted octanol–water partition coefficient (Wildman–Crippen LogP) is 1.61. The van der Waals surface area contributed by atoms with Crippen LogP contribution in [0.1, 0.15) is 18.5 Å². The van der Waals surface area contributed by atoms with Crippen LogP contribution in [-0.4, -0.2) is 25.3 Å². The van der Waals surface area contributed by atoms with Gasteiger partial charge < -0.3 is 19.9 Å². The van der Waals surface area contributed by atoms with E-state index in [9.17, 15) is 13.6 Å². The van der Waals surface area contributed by atoms with Gasteiger partial charge in [0.2, 0.25) is 6.79 Å². The summed E-state index contributed by atoms with van der Waals surface area (Å²) in [5.41, 5.74) is 5.52. The van der Waals surface area contributed by atoms with Crippen molar-refractivity contribution >= 4 is 5.97 Å². The summed E-state index contributed by atoms with van der Waals surface area (Å²) in [6.45, 7) is 1.34. The van der Waals surface area contributed by atoms with Gasteiger partial charge >= 0.3 is 11.9 Å². The maximum atomic E-state index is 13.8. The Morgan fingerprint density at radius 1 is 1.47 bits per heavy atom. The zero-order valence-corrected chi connectivity index (χ0v) is 10.2. The van der Waals surface area contributed by atoms with Crippen LogP contribution in [0, 0.1) is 0 Å². The Kier molecular flexibility index (Phi) is 3.57. The Balaban J connectivity index is 2.23. The second-order valence-electron chi connectivity index (χ2n) is 3.93. The van der Waals surface area contributed by atoms with Crippen molar-refractivity contribution < 1.29 is 27.8 Å². The van der Waals surface area contributed by atoms with Gasteiger partial charge in [0.25, 0.3) is 0 Å². The van der Waals surface area contributed by atoms with E-state index >= 15 is 0 Å². The molecule has 1 aliphatic heterocycles. The molecular formula is C12H13F2NO4. The number of alkyl halides is 2. The molecule has 0 amide bonds. The van der Waals surface area contributed by atoms with Crippen LogP contribution in [0.2, 0.25) is 0 Å². The minimum absolute atomic E-state index is 0.0301. The molecule has 2 N–H and O–H groups in total. The van der Waals surface area contributed by atoms with E-state index in [1.807, 2.05) is 0 Å². The van der Waals surface area contributed by atoms with Crippen molar-refractivity contribution in [2.75, 3.05) is 13.4 Å². The number of rotatable bonds is 4. The monoisotopic (exact) mass is 273 g/mol. The highest BCUT2D eigenvalue weighted by molar-refractivity contribution is 5.79. The normalized spacial score (nSPS) is 15.2. The quantitative estimate of drug-likeness (QED) is 0.844. The Bertz CT molecular complexity index is 493. The Morgan fingerprint density at radius 3 is 2.84 bits per heavy atom. The molecule has 1 aromatic rings. The lowest BCUT2D eigenvalue weighted by molar-refractivity contribution is -0.174. The fraction of sp³-hybridized carbons (Fsp3) is 0.417. The summed E-state index contributed by atoms with van der Waals surface area (Å²) >= 11 is 0. The lowest BCUT2D eigenvalue weighted by Crippen LogP contribution is -2.41. The molecule has 5 nitrogen and oxygen atoms in total. The van der Waals surface area contributed by atoms with Gasteiger partial charge in [0.15, 0.2) is 11.5 Å². The van der Waals surface area contributed by atoms with Crippen LogP contribution in [0.15, 0.2) is 18.2 Å². The van der Waals surface area contributed by atoms with Gasteiger partial charge in [0.05, 0.1) is 6.61 Å². The average molecular weight is 273 g/mol. The molecule has 0 fully saturated rings. The van der Waals surface area contributed by atoms with Crippen molar-refractivity contribution in [3.05, 3.63) is 23.8 Å². The number of nitrogens with two attached hydrogens (primary N) is 1. The molecule has 19 heavy (non-hydrogen) atoms. The van der Waals surface area contributed by atoms with E-state index < -0.39 is 17.9 Å². The number of ether oxygens (including phenoxy) is 3. The number of carbonyl (C=O) groups excluding carboxylic acids is 1. The molecule has 0 spiro atoms. The van der Waals surface area contributed by atoms with Gasteiger partial charge in [-0.15, -0.1) is 0 Å². The first kappa shape index (κ1) is 13.5. The van der Waals surface area contributed by atoms with Crippen LogP contribution in [0.4, 0.5) is 8.78 Å². The summed E-state index contributed by atoms with van der Waals surface area (Å²) in [5, 5.41) is 0. The molecule has 1 heterocycles. The Morgan fingerprint density at radius 2 is 2.16 bits per heavy atom. The second-order valence-corrected chi connectivity index (χ2v) is 3.93. The molecule has 1 aliphatic rings. The first-order valence-corrected chi connectivity index (χ1v) is 5.67. The lowest BCUT2D eigenvalue weighted by atomic mass is 10.0. The summed E-state index contributed by atoms with van der Waals surface area (Å²) < 4.78 is 42.0. The number of halogens is 2. The fourth-order valence-electron chi connectivity index (χ4n) is 1.67. The predicted molar refractivity (Wildman–Crippen MR) is 61.1 cm³/mol. The molecule has 1 unspecified atom stereocenters. The first-order valence-electron chi connectivity index (χ1n) is 5.67. The van der Waals surface area contributed by atoms with Crippen molar-refractivity contribution in [2.45, 2.75) is 18.9 Å². The van der Waals surface area contributed by atoms with E-state index in [0.29, 0.717) is 11.5 Å². The molecular weight excluding hydrogens is 260 g/mol. The third kappa shape index (κ3) is 2.46. The molecule has 0 aliphatic carbocycles. The zero-order chi connectivity index (χ0) is 14.0. The van der Waals surface area contributed by atoms with Crippen LogP contribution in [0.5, 0.6) is 11.5 Å². The van der Waals surface area contributed by atoms with E-state index in [2.05, 4.69) is 4.74 Å². The van der Waals surface area contributed by atoms with Crippen LogP contribution in [-0.2, 0) is 9.53 Å². The molecule has 0 saturated carbocycles. The van der Waals surface area contributed by atoms with Crippen molar-refractivity contribution in [3.8, 4) is 11.5 Å². The number of hydrogen-bond donors (Lipinski definition) is 1. The van der Waals surface area contributed by atoms with Crippen molar-refractivity contribution in [1.82, 2.24) is 0 Å². The van der Waals surface area contributed by atoms with Crippen LogP contribution in [0.25, 0.3) is 0 Å². The van der Waals surface area contributed by atoms with Crippen molar-refractivity contribution in [1.29, 1.82) is 0 Å². The largest absolute Gasteiger partial charge is 0.462 e. The molecule has 0 saturated heterocycles. The standard InChI is InChI=1S/C12H13F2NO4/c1-2-17-11(16)12(13,14)10(15)7-3-4-8-9(5-7)19-6-18-8/h3-5,10H,2,6,15H2,1H3. The van der Waals surface area contributed by atoms with E-state index in [4.69, 9.17) is 15.2 Å². The van der Waals surface area contributed by atoms with Crippen molar-refractivity contribution in [3.63, 3.8) is 0 Å². The minimum Gasteiger partial charge on any atom is -0.462 e. The smallest absolute Gasteiger partial charge is 0.379 e. The van der Waals surface area contributed by atoms with E-state index in [1.165, 1.54) is 25.1 Å². The van der Waals surface area contributed by atoms with Gasteiger partial charge in [0.1, 0.15) is 6.04 Å². The maximum Gasteiger partial charge on any atom is 0.379 e. The van der Waals surface area contributed by atoms with Gasteiger partial charge in [-0.25, -0.2) is 4.79 Å². The van der Waals surface area contributed by atoms with Crippen LogP contribution in [0.3, 0.4) is 0 Å². The molecule has 0 aromatic heterocycles. The molecule has 0 radical (unpaired) electrons. The number of benzene rings is 1. The average Bonchev–Trinajstić information content (AvgIpc) is 2.85. The summed E-state index contributed by atoms with van der Waals surface area (Å²) in [5.74, 6) is -4.66. The second kappa shape index (κ2) is 5.00. The van der Waals surface area contributed by atoms with Crippen molar-refractivity contribution in [2.24, 2.45) is 5.73 Å². The third-order valence-corrected chi connectivity index (χ3v) is 2.69. The number of hydrogen-bond acceptors (Lipinski definition) is 5. The molecule has 1 atom stereocenters. The van der Waals surface area contributed by atoms with Crippen LogP contribution < -0.4 is 15.2 Å². The maximum absolute atomic E-state index is 13.8. The summed E-state index contributed by atoms with van der Waals surface area (Å²) in [7, 11) is 0. The summed E-state index contributed by atoms with van der Waals surface area (Å²) in [6, 6.07) is 2.37. The van der Waals surface area contributed by atoms with E-state index in [-0.39, 0.29) is 19.0 Å². The van der Waals surface area contributed by atoms with Gasteiger partial charge in [-0.2, -0.15) is 8.78 Å². The van der Waals surface area contributed by atoms with Gasteiger partial charge in [-0.05, 0) is 24.6 Å². The molecule has 104 valence electrons. The van der Waals surface area contributed by atoms with Gasteiger partial charge in [-0.1, -0.05) is 6.07 Å². The number of esters is 1. The van der Waals surface area contributed by atoms with E-state index in [0.717, 1.165) is 0 Å².